The summed E-state index contributed by atoms with van der Waals surface area (Å²) < 4.78 is 11.2. The Morgan fingerprint density at radius 3 is 2.12 bits per heavy atom. The van der Waals surface area contributed by atoms with Gasteiger partial charge < -0.3 is 9.47 Å². The Balaban J connectivity index is 2.38. The van der Waals surface area contributed by atoms with Crippen LogP contribution in [0.5, 0.6) is 0 Å². The predicted octanol–water partition coefficient (Wildman–Crippen LogP) is 4.53. The molecule has 4 heteroatoms. The molecule has 0 N–H and O–H groups in total. The van der Waals surface area contributed by atoms with Gasteiger partial charge in [-0.25, -0.2) is 0 Å². The van der Waals surface area contributed by atoms with E-state index in [0.717, 1.165) is 12.0 Å². The highest BCUT2D eigenvalue weighted by molar-refractivity contribution is 6.03. The average Bonchev–Trinajstić information content (AvgIpc) is 2.70. The van der Waals surface area contributed by atoms with Crippen molar-refractivity contribution in [3.63, 3.8) is 0 Å². The lowest BCUT2D eigenvalue weighted by molar-refractivity contribution is -0.145. The standard InChI is InChI=1S/C22H26O4/c1-3-17-25-20(23)15-16-22(26-4-2,19-13-9-6-10-14-19)21(24)18-11-7-5-8-12-18/h5-14H,3-4,15-17H2,1-2H3. The van der Waals surface area contributed by atoms with E-state index in [1.165, 1.54) is 0 Å². The molecule has 0 amide bonds. The number of esters is 1. The van der Waals surface area contributed by atoms with Gasteiger partial charge >= 0.3 is 5.97 Å². The number of carbonyl (C=O) groups is 2. The Bertz CT molecular complexity index is 697. The topological polar surface area (TPSA) is 52.6 Å². The second kappa shape index (κ2) is 9.88. The van der Waals surface area contributed by atoms with Crippen LogP contribution in [0, 0.1) is 0 Å². The number of ketones is 1. The van der Waals surface area contributed by atoms with Crippen LogP contribution < -0.4 is 0 Å². The molecule has 1 atom stereocenters. The van der Waals surface area contributed by atoms with Gasteiger partial charge in [-0.3, -0.25) is 9.59 Å². The number of Topliss-reactive ketones (excluding diaryl/α,β-unsaturated/α-hetero) is 1. The SMILES string of the molecule is CCCOC(=O)CCC(OCC)(C(=O)c1ccccc1)c1ccccc1. The Hall–Kier alpha value is -2.46. The van der Waals surface area contributed by atoms with E-state index in [1.54, 1.807) is 12.1 Å². The minimum absolute atomic E-state index is 0.119. The summed E-state index contributed by atoms with van der Waals surface area (Å²) in [6.07, 6.45) is 1.12. The number of carbonyl (C=O) groups excluding carboxylic acids is 2. The summed E-state index contributed by atoms with van der Waals surface area (Å²) in [6, 6.07) is 18.4. The number of benzene rings is 2. The highest BCUT2D eigenvalue weighted by Gasteiger charge is 2.41. The van der Waals surface area contributed by atoms with Crippen LogP contribution in [0.3, 0.4) is 0 Å². The smallest absolute Gasteiger partial charge is 0.305 e. The van der Waals surface area contributed by atoms with Crippen molar-refractivity contribution in [2.45, 2.75) is 38.7 Å². The molecule has 2 rings (SSSR count). The van der Waals surface area contributed by atoms with E-state index in [-0.39, 0.29) is 24.6 Å². The highest BCUT2D eigenvalue weighted by Crippen LogP contribution is 2.35. The fourth-order valence-corrected chi connectivity index (χ4v) is 2.95. The maximum Gasteiger partial charge on any atom is 0.305 e. The van der Waals surface area contributed by atoms with Crippen LogP contribution >= 0.6 is 0 Å². The van der Waals surface area contributed by atoms with Gasteiger partial charge in [0.2, 0.25) is 0 Å². The van der Waals surface area contributed by atoms with E-state index in [9.17, 15) is 9.59 Å². The van der Waals surface area contributed by atoms with Crippen LogP contribution in [0.15, 0.2) is 60.7 Å². The molecule has 0 heterocycles. The fraction of sp³-hybridized carbons (Fsp3) is 0.364. The average molecular weight is 354 g/mol. The van der Waals surface area contributed by atoms with Crippen LogP contribution in [0.25, 0.3) is 0 Å². The van der Waals surface area contributed by atoms with Gasteiger partial charge in [-0.05, 0) is 25.3 Å². The maximum atomic E-state index is 13.4. The zero-order chi connectivity index (χ0) is 18.8. The summed E-state index contributed by atoms with van der Waals surface area (Å²) in [5.74, 6) is -0.456. The summed E-state index contributed by atoms with van der Waals surface area (Å²) >= 11 is 0. The molecule has 0 aliphatic carbocycles. The van der Waals surface area contributed by atoms with E-state index < -0.39 is 5.60 Å². The molecule has 4 nitrogen and oxygen atoms in total. The zero-order valence-electron chi connectivity index (χ0n) is 15.4. The first-order valence-corrected chi connectivity index (χ1v) is 9.09. The van der Waals surface area contributed by atoms with Gasteiger partial charge in [0, 0.05) is 18.6 Å². The predicted molar refractivity (Wildman–Crippen MR) is 101 cm³/mol. The minimum Gasteiger partial charge on any atom is -0.466 e. The molecule has 0 spiro atoms. The second-order valence-corrected chi connectivity index (χ2v) is 6.04. The van der Waals surface area contributed by atoms with E-state index in [0.29, 0.717) is 18.8 Å². The van der Waals surface area contributed by atoms with Crippen LogP contribution in [-0.4, -0.2) is 25.0 Å². The van der Waals surface area contributed by atoms with Crippen molar-refractivity contribution < 1.29 is 19.1 Å². The monoisotopic (exact) mass is 354 g/mol. The molecule has 138 valence electrons. The van der Waals surface area contributed by atoms with Crippen LogP contribution in [0.4, 0.5) is 0 Å². The third-order valence-corrected chi connectivity index (χ3v) is 4.18. The summed E-state index contributed by atoms with van der Waals surface area (Å²) in [5.41, 5.74) is 0.105. The number of rotatable bonds is 10. The van der Waals surface area contributed by atoms with Crippen molar-refractivity contribution in [3.05, 3.63) is 71.8 Å². The fourth-order valence-electron chi connectivity index (χ4n) is 2.95. The number of hydrogen-bond donors (Lipinski definition) is 0. The molecule has 0 bridgehead atoms. The van der Waals surface area contributed by atoms with E-state index in [2.05, 4.69) is 0 Å². The molecule has 1 unspecified atom stereocenters. The largest absolute Gasteiger partial charge is 0.466 e. The van der Waals surface area contributed by atoms with Crippen molar-refractivity contribution in [3.8, 4) is 0 Å². The molecule has 2 aromatic carbocycles. The maximum absolute atomic E-state index is 13.4. The van der Waals surface area contributed by atoms with Crippen LogP contribution in [0.1, 0.15) is 49.0 Å². The van der Waals surface area contributed by atoms with Gasteiger partial charge in [-0.1, -0.05) is 67.6 Å². The quantitative estimate of drug-likeness (QED) is 0.464. The van der Waals surface area contributed by atoms with Gasteiger partial charge in [0.25, 0.3) is 0 Å². The van der Waals surface area contributed by atoms with E-state index in [4.69, 9.17) is 9.47 Å². The van der Waals surface area contributed by atoms with Gasteiger partial charge in [0.1, 0.15) is 0 Å². The summed E-state index contributed by atoms with van der Waals surface area (Å²) in [5, 5.41) is 0. The Morgan fingerprint density at radius 1 is 0.923 bits per heavy atom. The summed E-state index contributed by atoms with van der Waals surface area (Å²) in [4.78, 5) is 25.5. The van der Waals surface area contributed by atoms with Crippen molar-refractivity contribution >= 4 is 11.8 Å². The van der Waals surface area contributed by atoms with Gasteiger partial charge in [-0.2, -0.15) is 0 Å². The van der Waals surface area contributed by atoms with Crippen LogP contribution in [-0.2, 0) is 19.9 Å². The first kappa shape index (κ1) is 19.9. The Morgan fingerprint density at radius 2 is 1.54 bits per heavy atom. The molecule has 0 fully saturated rings. The molecule has 0 aliphatic heterocycles. The van der Waals surface area contributed by atoms with E-state index >= 15 is 0 Å². The third kappa shape index (κ3) is 4.79. The molecule has 0 radical (unpaired) electrons. The van der Waals surface area contributed by atoms with Crippen molar-refractivity contribution in [1.29, 1.82) is 0 Å². The minimum atomic E-state index is -1.21. The molecule has 0 aromatic heterocycles. The molecular weight excluding hydrogens is 328 g/mol. The highest BCUT2D eigenvalue weighted by atomic mass is 16.5. The van der Waals surface area contributed by atoms with Crippen molar-refractivity contribution in [2.75, 3.05) is 13.2 Å². The normalized spacial score (nSPS) is 13.0. The Labute approximate surface area is 155 Å². The summed E-state index contributed by atoms with van der Waals surface area (Å²) in [6.45, 7) is 4.54. The third-order valence-electron chi connectivity index (χ3n) is 4.18. The summed E-state index contributed by atoms with van der Waals surface area (Å²) in [7, 11) is 0. The molecule has 0 saturated heterocycles. The number of hydrogen-bond acceptors (Lipinski definition) is 4. The van der Waals surface area contributed by atoms with Gasteiger partial charge in [0.15, 0.2) is 11.4 Å². The second-order valence-electron chi connectivity index (χ2n) is 6.04. The molecular formula is C22H26O4. The lowest BCUT2D eigenvalue weighted by atomic mass is 9.82. The first-order chi connectivity index (χ1) is 12.6. The molecule has 2 aromatic rings. The number of ether oxygens (including phenoxy) is 2. The lowest BCUT2D eigenvalue weighted by Gasteiger charge is -2.32. The first-order valence-electron chi connectivity index (χ1n) is 9.09. The van der Waals surface area contributed by atoms with Gasteiger partial charge in [0.05, 0.1) is 6.61 Å². The van der Waals surface area contributed by atoms with Crippen LogP contribution in [0.2, 0.25) is 0 Å². The Kier molecular flexibility index (Phi) is 7.54. The molecule has 0 aliphatic rings. The lowest BCUT2D eigenvalue weighted by Crippen LogP contribution is -2.40. The zero-order valence-corrected chi connectivity index (χ0v) is 15.4. The molecule has 0 saturated carbocycles. The molecule has 26 heavy (non-hydrogen) atoms. The van der Waals surface area contributed by atoms with Crippen molar-refractivity contribution in [1.82, 2.24) is 0 Å². The van der Waals surface area contributed by atoms with E-state index in [1.807, 2.05) is 62.4 Å². The van der Waals surface area contributed by atoms with Crippen molar-refractivity contribution in [2.24, 2.45) is 0 Å². The van der Waals surface area contributed by atoms with Gasteiger partial charge in [-0.15, -0.1) is 0 Å².